The predicted octanol–water partition coefficient (Wildman–Crippen LogP) is 1.32. The number of rotatable bonds is 3. The Morgan fingerprint density at radius 1 is 1.29 bits per heavy atom. The summed E-state index contributed by atoms with van der Waals surface area (Å²) in [7, 11) is 0. The van der Waals surface area contributed by atoms with Gasteiger partial charge in [0.2, 0.25) is 5.91 Å². The van der Waals surface area contributed by atoms with Crippen molar-refractivity contribution in [2.45, 2.75) is 39.7 Å². The number of hydrogen-bond donors (Lipinski definition) is 0. The zero-order valence-corrected chi connectivity index (χ0v) is 10.6. The van der Waals surface area contributed by atoms with Gasteiger partial charge in [0.05, 0.1) is 18.2 Å². The molecule has 2 rings (SSSR count). The van der Waals surface area contributed by atoms with Crippen molar-refractivity contribution in [3.63, 3.8) is 0 Å². The van der Waals surface area contributed by atoms with E-state index in [4.69, 9.17) is 0 Å². The van der Waals surface area contributed by atoms with E-state index in [0.29, 0.717) is 6.54 Å². The Balaban J connectivity index is 2.00. The zero-order chi connectivity index (χ0) is 12.3. The Labute approximate surface area is 102 Å². The topological polar surface area (TPSA) is 51.0 Å². The van der Waals surface area contributed by atoms with Gasteiger partial charge >= 0.3 is 0 Å². The summed E-state index contributed by atoms with van der Waals surface area (Å²) in [5.41, 5.74) is -0.412. The molecule has 1 aromatic heterocycles. The van der Waals surface area contributed by atoms with Gasteiger partial charge in [-0.15, -0.1) is 5.10 Å². The minimum Gasteiger partial charge on any atom is -0.342 e. The van der Waals surface area contributed by atoms with Crippen LogP contribution in [0, 0.1) is 5.41 Å². The second-order valence-electron chi connectivity index (χ2n) is 5.34. The van der Waals surface area contributed by atoms with Crippen LogP contribution in [0.4, 0.5) is 0 Å². The fourth-order valence-electron chi connectivity index (χ4n) is 2.31. The third kappa shape index (κ3) is 2.84. The van der Waals surface area contributed by atoms with Crippen LogP contribution in [0.15, 0.2) is 12.4 Å². The van der Waals surface area contributed by atoms with E-state index in [1.807, 2.05) is 18.7 Å². The number of carbonyl (C=O) groups excluding carboxylic acids is 1. The molecule has 1 fully saturated rings. The van der Waals surface area contributed by atoms with Gasteiger partial charge in [-0.05, 0) is 33.1 Å². The first kappa shape index (κ1) is 12.1. The summed E-state index contributed by atoms with van der Waals surface area (Å²) in [5.74, 6) is 0.229. The summed E-state index contributed by atoms with van der Waals surface area (Å²) in [6, 6.07) is 0. The maximum absolute atomic E-state index is 12.4. The van der Waals surface area contributed by atoms with Crippen molar-refractivity contribution < 1.29 is 4.79 Å². The molecule has 0 N–H and O–H groups in total. The van der Waals surface area contributed by atoms with Crippen LogP contribution in [-0.4, -0.2) is 38.9 Å². The Kier molecular flexibility index (Phi) is 3.45. The molecule has 0 radical (unpaired) electrons. The van der Waals surface area contributed by atoms with Gasteiger partial charge < -0.3 is 4.90 Å². The molecule has 5 nitrogen and oxygen atoms in total. The summed E-state index contributed by atoms with van der Waals surface area (Å²) in [6.07, 6.45) is 6.94. The van der Waals surface area contributed by atoms with Crippen molar-refractivity contribution in [2.75, 3.05) is 13.1 Å². The number of carbonyl (C=O) groups is 1. The minimum absolute atomic E-state index is 0.229. The van der Waals surface area contributed by atoms with Crippen LogP contribution in [0.25, 0.3) is 0 Å². The molecule has 1 saturated heterocycles. The Morgan fingerprint density at radius 2 is 2.00 bits per heavy atom. The lowest BCUT2D eigenvalue weighted by Crippen LogP contribution is -2.45. The molecule has 0 atom stereocenters. The summed E-state index contributed by atoms with van der Waals surface area (Å²) < 4.78 is 1.72. The number of likely N-dealkylation sites (tertiary alicyclic amines) is 1. The molecule has 0 bridgehead atoms. The van der Waals surface area contributed by atoms with Gasteiger partial charge in [0.25, 0.3) is 0 Å². The maximum atomic E-state index is 12.4. The predicted molar refractivity (Wildman–Crippen MR) is 64.2 cm³/mol. The van der Waals surface area contributed by atoms with Gasteiger partial charge in [0.15, 0.2) is 0 Å². The fraction of sp³-hybridized carbons (Fsp3) is 0.750. The molecular formula is C12H20N4O. The molecule has 1 aliphatic rings. The summed E-state index contributed by atoms with van der Waals surface area (Å²) in [5, 5.41) is 7.69. The smallest absolute Gasteiger partial charge is 0.230 e. The van der Waals surface area contributed by atoms with Gasteiger partial charge in [0.1, 0.15) is 0 Å². The minimum atomic E-state index is -0.412. The number of nitrogens with zero attached hydrogens (tertiary/aromatic N) is 4. The largest absolute Gasteiger partial charge is 0.342 e. The molecular weight excluding hydrogens is 216 g/mol. The highest BCUT2D eigenvalue weighted by Crippen LogP contribution is 2.23. The van der Waals surface area contributed by atoms with E-state index in [-0.39, 0.29) is 5.91 Å². The lowest BCUT2D eigenvalue weighted by molar-refractivity contribution is -0.142. The van der Waals surface area contributed by atoms with Crippen molar-refractivity contribution >= 4 is 5.91 Å². The lowest BCUT2D eigenvalue weighted by Gasteiger charge is -2.34. The molecule has 0 spiro atoms. The quantitative estimate of drug-likeness (QED) is 0.795. The van der Waals surface area contributed by atoms with Crippen molar-refractivity contribution in [3.05, 3.63) is 12.4 Å². The van der Waals surface area contributed by atoms with Crippen LogP contribution >= 0.6 is 0 Å². The Bertz CT molecular complexity index is 366. The zero-order valence-electron chi connectivity index (χ0n) is 10.6. The third-order valence-electron chi connectivity index (χ3n) is 3.25. The monoisotopic (exact) mass is 236 g/mol. The summed E-state index contributed by atoms with van der Waals surface area (Å²) in [4.78, 5) is 14.4. The highest BCUT2D eigenvalue weighted by atomic mass is 16.2. The molecule has 94 valence electrons. The second-order valence-corrected chi connectivity index (χ2v) is 5.34. The first-order chi connectivity index (χ1) is 8.09. The van der Waals surface area contributed by atoms with Gasteiger partial charge in [-0.25, -0.2) is 0 Å². The summed E-state index contributed by atoms with van der Waals surface area (Å²) in [6.45, 7) is 6.35. The Morgan fingerprint density at radius 3 is 2.59 bits per heavy atom. The fourth-order valence-corrected chi connectivity index (χ4v) is 2.31. The molecule has 0 unspecified atom stereocenters. The van der Waals surface area contributed by atoms with Crippen LogP contribution in [0.1, 0.15) is 33.1 Å². The molecule has 1 aliphatic heterocycles. The standard InChI is InChI=1S/C12H20N4O/c1-12(2,10-16-9-6-13-14-16)11(17)15-7-4-3-5-8-15/h6,9H,3-5,7-8,10H2,1-2H3. The molecule has 1 aromatic rings. The van der Waals surface area contributed by atoms with E-state index in [0.717, 1.165) is 25.9 Å². The van der Waals surface area contributed by atoms with E-state index in [2.05, 4.69) is 10.3 Å². The highest BCUT2D eigenvalue weighted by Gasteiger charge is 2.33. The van der Waals surface area contributed by atoms with E-state index < -0.39 is 5.41 Å². The number of amides is 1. The van der Waals surface area contributed by atoms with Gasteiger partial charge in [-0.3, -0.25) is 9.48 Å². The lowest BCUT2D eigenvalue weighted by atomic mass is 9.90. The second kappa shape index (κ2) is 4.85. The van der Waals surface area contributed by atoms with E-state index in [9.17, 15) is 4.79 Å². The van der Waals surface area contributed by atoms with Gasteiger partial charge in [-0.1, -0.05) is 5.21 Å². The van der Waals surface area contributed by atoms with Crippen molar-refractivity contribution in [2.24, 2.45) is 5.41 Å². The molecule has 0 aromatic carbocycles. The Hall–Kier alpha value is -1.39. The number of aromatic nitrogens is 3. The first-order valence-electron chi connectivity index (χ1n) is 6.23. The SMILES string of the molecule is CC(C)(Cn1ccnn1)C(=O)N1CCCCC1. The molecule has 2 heterocycles. The van der Waals surface area contributed by atoms with E-state index in [1.165, 1.54) is 6.42 Å². The average Bonchev–Trinajstić information content (AvgIpc) is 2.81. The van der Waals surface area contributed by atoms with Crippen molar-refractivity contribution in [1.29, 1.82) is 0 Å². The van der Waals surface area contributed by atoms with Gasteiger partial charge in [0, 0.05) is 19.3 Å². The van der Waals surface area contributed by atoms with Crippen molar-refractivity contribution in [3.8, 4) is 0 Å². The maximum Gasteiger partial charge on any atom is 0.230 e. The number of piperidine rings is 1. The third-order valence-corrected chi connectivity index (χ3v) is 3.25. The highest BCUT2D eigenvalue weighted by molar-refractivity contribution is 5.81. The van der Waals surface area contributed by atoms with Crippen LogP contribution in [-0.2, 0) is 11.3 Å². The average molecular weight is 236 g/mol. The molecule has 1 amide bonds. The van der Waals surface area contributed by atoms with E-state index in [1.54, 1.807) is 17.1 Å². The van der Waals surface area contributed by atoms with Gasteiger partial charge in [-0.2, -0.15) is 0 Å². The van der Waals surface area contributed by atoms with Crippen LogP contribution in [0.2, 0.25) is 0 Å². The van der Waals surface area contributed by atoms with Crippen LogP contribution in [0.3, 0.4) is 0 Å². The summed E-state index contributed by atoms with van der Waals surface area (Å²) >= 11 is 0. The first-order valence-corrected chi connectivity index (χ1v) is 6.23. The molecule has 17 heavy (non-hydrogen) atoms. The van der Waals surface area contributed by atoms with Crippen LogP contribution < -0.4 is 0 Å². The van der Waals surface area contributed by atoms with Crippen molar-refractivity contribution in [1.82, 2.24) is 19.9 Å². The van der Waals surface area contributed by atoms with E-state index >= 15 is 0 Å². The molecule has 0 aliphatic carbocycles. The number of hydrogen-bond acceptors (Lipinski definition) is 3. The molecule has 5 heteroatoms. The van der Waals surface area contributed by atoms with Crippen LogP contribution in [0.5, 0.6) is 0 Å². The normalized spacial score (nSPS) is 17.2. The molecule has 0 saturated carbocycles.